The van der Waals surface area contributed by atoms with Crippen LogP contribution < -0.4 is 0 Å². The third kappa shape index (κ3) is 2.79. The normalized spacial score (nSPS) is 47.7. The number of ketones is 1. The number of hydrogen-bond donors (Lipinski definition) is 0. The molecule has 4 heterocycles. The maximum atomic E-state index is 14.4. The minimum Gasteiger partial charge on any atom is -0.472 e. The highest BCUT2D eigenvalue weighted by molar-refractivity contribution is 5.93. The molecule has 6 rings (SSSR count). The van der Waals surface area contributed by atoms with Crippen LogP contribution in [0.1, 0.15) is 78.9 Å². The van der Waals surface area contributed by atoms with Gasteiger partial charge >= 0.3 is 17.9 Å². The molecule has 9 atom stereocenters. The highest BCUT2D eigenvalue weighted by Gasteiger charge is 2.88. The lowest BCUT2D eigenvalue weighted by atomic mass is 9.37. The minimum atomic E-state index is -1.09. The zero-order chi connectivity index (χ0) is 26.8. The van der Waals surface area contributed by atoms with E-state index in [4.69, 9.17) is 23.4 Å². The second-order valence-electron chi connectivity index (χ2n) is 12.7. The SMILES string of the molecule is CC(=O)O[C@@H]1CC(=O)OC(C)(C)[C@H]2CC(=O)[C@]3(C)[C@@H](CC[C@]4(C)[C@H](c5ccoc5)OC(=O)[C@H]5O[C@]543)[C@@]21C. The van der Waals surface area contributed by atoms with Gasteiger partial charge in [-0.15, -0.1) is 0 Å². The van der Waals surface area contributed by atoms with Crippen LogP contribution in [0.5, 0.6) is 0 Å². The summed E-state index contributed by atoms with van der Waals surface area (Å²) in [7, 11) is 0. The number of Topliss-reactive ketones (excluding diaryl/α,β-unsaturated/α-hetero) is 1. The van der Waals surface area contributed by atoms with E-state index >= 15 is 0 Å². The Morgan fingerprint density at radius 3 is 2.41 bits per heavy atom. The van der Waals surface area contributed by atoms with E-state index in [1.807, 2.05) is 34.6 Å². The summed E-state index contributed by atoms with van der Waals surface area (Å²) in [5.41, 5.74) is -3.88. The number of cyclic esters (lactones) is 2. The van der Waals surface area contributed by atoms with Crippen LogP contribution in [0, 0.1) is 28.1 Å². The molecule has 0 N–H and O–H groups in total. The van der Waals surface area contributed by atoms with E-state index in [9.17, 15) is 19.2 Å². The molecule has 1 aromatic heterocycles. The van der Waals surface area contributed by atoms with E-state index in [0.29, 0.717) is 12.8 Å². The molecule has 200 valence electrons. The van der Waals surface area contributed by atoms with Crippen LogP contribution in [0.2, 0.25) is 0 Å². The fourth-order valence-corrected chi connectivity index (χ4v) is 9.24. The number of esters is 3. The molecule has 0 aromatic carbocycles. The van der Waals surface area contributed by atoms with Gasteiger partial charge < -0.3 is 23.4 Å². The zero-order valence-corrected chi connectivity index (χ0v) is 22.1. The minimum absolute atomic E-state index is 0.0263. The van der Waals surface area contributed by atoms with Crippen molar-refractivity contribution in [3.8, 4) is 0 Å². The van der Waals surface area contributed by atoms with Crippen molar-refractivity contribution in [3.05, 3.63) is 24.2 Å². The molecule has 0 bridgehead atoms. The Bertz CT molecular complexity index is 1200. The first-order valence-corrected chi connectivity index (χ1v) is 13.1. The molecule has 0 radical (unpaired) electrons. The lowest BCUT2D eigenvalue weighted by molar-refractivity contribution is -0.234. The van der Waals surface area contributed by atoms with Crippen molar-refractivity contribution in [2.75, 3.05) is 0 Å². The van der Waals surface area contributed by atoms with E-state index in [2.05, 4.69) is 0 Å². The number of ether oxygens (including phenoxy) is 4. The Morgan fingerprint density at radius 2 is 1.76 bits per heavy atom. The van der Waals surface area contributed by atoms with Crippen molar-refractivity contribution in [3.63, 3.8) is 0 Å². The maximum absolute atomic E-state index is 14.4. The molecule has 2 saturated carbocycles. The summed E-state index contributed by atoms with van der Waals surface area (Å²) in [6.45, 7) is 11.0. The van der Waals surface area contributed by atoms with Crippen LogP contribution in [-0.2, 0) is 38.1 Å². The Morgan fingerprint density at radius 1 is 1.03 bits per heavy atom. The summed E-state index contributed by atoms with van der Waals surface area (Å²) >= 11 is 0. The topological polar surface area (TPSA) is 122 Å². The van der Waals surface area contributed by atoms with Crippen molar-refractivity contribution in [2.24, 2.45) is 28.1 Å². The monoisotopic (exact) mass is 514 g/mol. The molecule has 0 unspecified atom stereocenters. The van der Waals surface area contributed by atoms with Crippen molar-refractivity contribution in [1.29, 1.82) is 0 Å². The van der Waals surface area contributed by atoms with Crippen molar-refractivity contribution in [2.45, 2.75) is 96.7 Å². The molecule has 5 aliphatic rings. The van der Waals surface area contributed by atoms with E-state index < -0.39 is 63.7 Å². The van der Waals surface area contributed by atoms with Gasteiger partial charge in [-0.2, -0.15) is 0 Å². The molecular formula is C28H34O9. The third-order valence-electron chi connectivity index (χ3n) is 10.8. The van der Waals surface area contributed by atoms with E-state index in [1.165, 1.54) is 13.2 Å². The predicted molar refractivity (Wildman–Crippen MR) is 126 cm³/mol. The average Bonchev–Trinajstić information content (AvgIpc) is 3.38. The number of hydrogen-bond acceptors (Lipinski definition) is 9. The van der Waals surface area contributed by atoms with Crippen molar-refractivity contribution < 1.29 is 42.5 Å². The standard InChI is InChI=1S/C28H34O9/c1-14(29)34-19-12-20(31)36-24(2,3)17-11-18(30)27(6)16(26(17,19)5)7-9-25(4)21(15-8-10-33-13-15)35-23(32)22-28(25,27)37-22/h8,10,13,16-17,19,21-22H,7,9,11-12H2,1-6H3/t16-,17+,19+,21-,22+,25+,26-,27-,28+/m0/s1. The summed E-state index contributed by atoms with van der Waals surface area (Å²) in [4.78, 5) is 52.7. The first-order valence-electron chi connectivity index (χ1n) is 13.1. The van der Waals surface area contributed by atoms with E-state index in [1.54, 1.807) is 12.3 Å². The number of rotatable bonds is 2. The second-order valence-corrected chi connectivity index (χ2v) is 12.7. The summed E-state index contributed by atoms with van der Waals surface area (Å²) in [5, 5.41) is 0. The largest absolute Gasteiger partial charge is 0.472 e. The number of epoxide rings is 1. The lowest BCUT2D eigenvalue weighted by Crippen LogP contribution is -2.72. The Balaban J connectivity index is 1.54. The zero-order valence-electron chi connectivity index (χ0n) is 22.1. The number of carbonyl (C=O) groups excluding carboxylic acids is 4. The van der Waals surface area contributed by atoms with Gasteiger partial charge in [0.25, 0.3) is 0 Å². The summed E-state index contributed by atoms with van der Waals surface area (Å²) in [5.74, 6) is -2.18. The highest BCUT2D eigenvalue weighted by atomic mass is 16.7. The smallest absolute Gasteiger partial charge is 0.339 e. The number of fused-ring (bicyclic) bond motifs is 3. The van der Waals surface area contributed by atoms with Gasteiger partial charge in [0.2, 0.25) is 0 Å². The molecule has 5 fully saturated rings. The number of carbonyl (C=O) groups is 4. The predicted octanol–water partition coefficient (Wildman–Crippen LogP) is 3.69. The van der Waals surface area contributed by atoms with E-state index in [-0.39, 0.29) is 30.5 Å². The summed E-state index contributed by atoms with van der Waals surface area (Å²) < 4.78 is 29.3. The van der Waals surface area contributed by atoms with Gasteiger partial charge in [-0.3, -0.25) is 14.4 Å². The van der Waals surface area contributed by atoms with Crippen molar-refractivity contribution in [1.82, 2.24) is 0 Å². The van der Waals surface area contributed by atoms with Gasteiger partial charge in [0.1, 0.15) is 29.2 Å². The maximum Gasteiger partial charge on any atom is 0.339 e. The quantitative estimate of drug-likeness (QED) is 0.330. The Hall–Kier alpha value is -2.68. The third-order valence-corrected chi connectivity index (χ3v) is 10.8. The molecule has 37 heavy (non-hydrogen) atoms. The molecule has 9 nitrogen and oxygen atoms in total. The van der Waals surface area contributed by atoms with Crippen LogP contribution in [0.15, 0.2) is 23.0 Å². The Labute approximate surface area is 215 Å². The van der Waals surface area contributed by atoms with E-state index in [0.717, 1.165) is 5.56 Å². The first-order chi connectivity index (χ1) is 17.2. The molecule has 0 amide bonds. The second kappa shape index (κ2) is 7.24. The molecule has 9 heteroatoms. The van der Waals surface area contributed by atoms with Gasteiger partial charge in [-0.25, -0.2) is 4.79 Å². The van der Waals surface area contributed by atoms with Gasteiger partial charge in [-0.05, 0) is 45.6 Å². The fourth-order valence-electron chi connectivity index (χ4n) is 9.24. The average molecular weight is 515 g/mol. The van der Waals surface area contributed by atoms with Crippen molar-refractivity contribution >= 4 is 23.7 Å². The molecule has 1 aromatic rings. The molecule has 1 spiro atoms. The van der Waals surface area contributed by atoms with Crippen LogP contribution >= 0.6 is 0 Å². The van der Waals surface area contributed by atoms with Crippen LogP contribution in [0.3, 0.4) is 0 Å². The fraction of sp³-hybridized carbons (Fsp3) is 0.714. The molecule has 2 aliphatic carbocycles. The highest BCUT2D eigenvalue weighted by Crippen LogP contribution is 2.78. The van der Waals surface area contributed by atoms with Gasteiger partial charge in [0.05, 0.1) is 24.4 Å². The molecular weight excluding hydrogens is 480 g/mol. The van der Waals surface area contributed by atoms with Crippen LogP contribution in [0.4, 0.5) is 0 Å². The van der Waals surface area contributed by atoms with Gasteiger partial charge in [0.15, 0.2) is 6.10 Å². The summed E-state index contributed by atoms with van der Waals surface area (Å²) in [6, 6.07) is 1.78. The van der Waals surface area contributed by atoms with Gasteiger partial charge in [0, 0.05) is 35.7 Å². The lowest BCUT2D eigenvalue weighted by Gasteiger charge is -2.66. The van der Waals surface area contributed by atoms with Gasteiger partial charge in [-0.1, -0.05) is 13.8 Å². The molecule has 3 saturated heterocycles. The van der Waals surface area contributed by atoms with Crippen LogP contribution in [-0.4, -0.2) is 47.1 Å². The first kappa shape index (κ1) is 24.6. The summed E-state index contributed by atoms with van der Waals surface area (Å²) in [6.07, 6.45) is 2.06. The number of furan rings is 1. The Kier molecular flexibility index (Phi) is 4.82. The molecule has 3 aliphatic heterocycles. The van der Waals surface area contributed by atoms with Crippen LogP contribution in [0.25, 0.3) is 0 Å².